The molecule has 0 radical (unpaired) electrons. The first kappa shape index (κ1) is 9.52. The summed E-state index contributed by atoms with van der Waals surface area (Å²) >= 11 is 1.75. The van der Waals surface area contributed by atoms with Crippen LogP contribution in [0, 0.1) is 0 Å². The van der Waals surface area contributed by atoms with E-state index < -0.39 is 0 Å². The molecule has 0 bridgehead atoms. The highest BCUT2D eigenvalue weighted by atomic mass is 32.1. The molecule has 0 atom stereocenters. The second-order valence-corrected chi connectivity index (χ2v) is 3.48. The van der Waals surface area contributed by atoms with Crippen molar-refractivity contribution in [3.05, 3.63) is 11.1 Å². The fraction of sp³-hybridized carbons (Fsp3) is 0.667. The van der Waals surface area contributed by atoms with Gasteiger partial charge in [0.2, 0.25) is 0 Å². The van der Waals surface area contributed by atoms with Crippen molar-refractivity contribution < 1.29 is 0 Å². The number of thiazole rings is 1. The Balaban J connectivity index is 2.72. The van der Waals surface area contributed by atoms with Crippen LogP contribution in [0.2, 0.25) is 0 Å². The molecule has 1 rings (SSSR count). The predicted molar refractivity (Wildman–Crippen MR) is 55.1 cm³/mol. The summed E-state index contributed by atoms with van der Waals surface area (Å²) in [6.07, 6.45) is 1.04. The Morgan fingerprint density at radius 1 is 1.33 bits per heavy atom. The van der Waals surface area contributed by atoms with Crippen molar-refractivity contribution in [1.82, 2.24) is 4.98 Å². The van der Waals surface area contributed by atoms with Crippen LogP contribution in [0.25, 0.3) is 0 Å². The van der Waals surface area contributed by atoms with E-state index in [1.54, 1.807) is 11.3 Å². The summed E-state index contributed by atoms with van der Waals surface area (Å²) in [4.78, 5) is 6.80. The number of hydrogen-bond donors (Lipinski definition) is 0. The summed E-state index contributed by atoms with van der Waals surface area (Å²) in [5, 5.41) is 3.31. The fourth-order valence-electron chi connectivity index (χ4n) is 1.10. The summed E-state index contributed by atoms with van der Waals surface area (Å²) in [7, 11) is 0. The molecule has 3 heteroatoms. The lowest BCUT2D eigenvalue weighted by Crippen LogP contribution is -2.21. The van der Waals surface area contributed by atoms with E-state index in [4.69, 9.17) is 0 Å². The third kappa shape index (κ3) is 1.97. The maximum Gasteiger partial charge on any atom is 0.185 e. The molecule has 1 heterocycles. The van der Waals surface area contributed by atoms with Crippen LogP contribution in [0.3, 0.4) is 0 Å². The van der Waals surface area contributed by atoms with E-state index >= 15 is 0 Å². The monoisotopic (exact) mass is 184 g/mol. The van der Waals surface area contributed by atoms with Crippen molar-refractivity contribution in [1.29, 1.82) is 0 Å². The van der Waals surface area contributed by atoms with Crippen LogP contribution in [0.15, 0.2) is 5.38 Å². The quantitative estimate of drug-likeness (QED) is 0.715. The summed E-state index contributed by atoms with van der Waals surface area (Å²) < 4.78 is 0. The van der Waals surface area contributed by atoms with Gasteiger partial charge in [0.15, 0.2) is 5.13 Å². The second-order valence-electron chi connectivity index (χ2n) is 2.65. The first-order chi connectivity index (χ1) is 5.81. The molecular weight excluding hydrogens is 168 g/mol. The first-order valence-corrected chi connectivity index (χ1v) is 5.39. The van der Waals surface area contributed by atoms with Gasteiger partial charge in [-0.3, -0.25) is 0 Å². The lowest BCUT2D eigenvalue weighted by molar-refractivity contribution is 0.854. The smallest absolute Gasteiger partial charge is 0.185 e. The van der Waals surface area contributed by atoms with Gasteiger partial charge in [-0.25, -0.2) is 4.98 Å². The third-order valence-electron chi connectivity index (χ3n) is 1.94. The topological polar surface area (TPSA) is 16.1 Å². The normalized spacial score (nSPS) is 10.2. The third-order valence-corrected chi connectivity index (χ3v) is 2.89. The molecule has 0 aromatic carbocycles. The molecule has 0 aliphatic carbocycles. The molecule has 1 aromatic heterocycles. The largest absolute Gasteiger partial charge is 0.349 e. The summed E-state index contributed by atoms with van der Waals surface area (Å²) in [5.74, 6) is 0. The minimum atomic E-state index is 1.04. The molecular formula is C9H16N2S. The molecule has 0 saturated heterocycles. The maximum atomic E-state index is 4.52. The zero-order valence-electron chi connectivity index (χ0n) is 8.00. The van der Waals surface area contributed by atoms with Crippen LogP contribution in [-0.4, -0.2) is 18.1 Å². The highest BCUT2D eigenvalue weighted by Gasteiger charge is 2.05. The van der Waals surface area contributed by atoms with E-state index in [9.17, 15) is 0 Å². The van der Waals surface area contributed by atoms with E-state index in [1.807, 2.05) is 0 Å². The summed E-state index contributed by atoms with van der Waals surface area (Å²) in [5.41, 5.74) is 1.21. The number of anilines is 1. The van der Waals surface area contributed by atoms with Crippen LogP contribution >= 0.6 is 11.3 Å². The Hall–Kier alpha value is -0.570. The molecule has 12 heavy (non-hydrogen) atoms. The van der Waals surface area contributed by atoms with Crippen LogP contribution in [0.5, 0.6) is 0 Å². The van der Waals surface area contributed by atoms with Gasteiger partial charge in [-0.2, -0.15) is 0 Å². The average molecular weight is 184 g/mol. The van der Waals surface area contributed by atoms with Gasteiger partial charge in [-0.15, -0.1) is 11.3 Å². The number of nitrogens with zero attached hydrogens (tertiary/aromatic N) is 2. The lowest BCUT2D eigenvalue weighted by Gasteiger charge is -2.16. The minimum Gasteiger partial charge on any atom is -0.349 e. The molecule has 0 fully saturated rings. The Kier molecular flexibility index (Phi) is 3.53. The van der Waals surface area contributed by atoms with E-state index in [-0.39, 0.29) is 0 Å². The van der Waals surface area contributed by atoms with Gasteiger partial charge < -0.3 is 4.90 Å². The standard InChI is InChI=1S/C9H16N2S/c1-4-8-7-12-9(10-8)11(5-2)6-3/h7H,4-6H2,1-3H3. The zero-order chi connectivity index (χ0) is 8.97. The second kappa shape index (κ2) is 4.45. The molecule has 2 nitrogen and oxygen atoms in total. The molecule has 0 spiro atoms. The van der Waals surface area contributed by atoms with E-state index in [0.29, 0.717) is 0 Å². The number of aryl methyl sites for hydroxylation is 1. The zero-order valence-corrected chi connectivity index (χ0v) is 8.82. The first-order valence-electron chi connectivity index (χ1n) is 4.51. The number of aromatic nitrogens is 1. The Morgan fingerprint density at radius 3 is 2.42 bits per heavy atom. The average Bonchev–Trinajstić information content (AvgIpc) is 2.55. The van der Waals surface area contributed by atoms with Crippen molar-refractivity contribution in [3.8, 4) is 0 Å². The Morgan fingerprint density at radius 2 is 2.00 bits per heavy atom. The molecule has 0 unspecified atom stereocenters. The van der Waals surface area contributed by atoms with Gasteiger partial charge in [0.1, 0.15) is 0 Å². The van der Waals surface area contributed by atoms with Crippen LogP contribution in [0.4, 0.5) is 5.13 Å². The minimum absolute atomic E-state index is 1.04. The Bertz CT molecular complexity index is 228. The molecule has 0 saturated carbocycles. The van der Waals surface area contributed by atoms with Gasteiger partial charge >= 0.3 is 0 Å². The number of rotatable bonds is 4. The van der Waals surface area contributed by atoms with Crippen molar-refractivity contribution in [2.75, 3.05) is 18.0 Å². The van der Waals surface area contributed by atoms with Gasteiger partial charge in [0, 0.05) is 18.5 Å². The van der Waals surface area contributed by atoms with Crippen molar-refractivity contribution in [2.24, 2.45) is 0 Å². The van der Waals surface area contributed by atoms with Gasteiger partial charge in [0.25, 0.3) is 0 Å². The van der Waals surface area contributed by atoms with Gasteiger partial charge in [-0.05, 0) is 20.3 Å². The maximum absolute atomic E-state index is 4.52. The van der Waals surface area contributed by atoms with Gasteiger partial charge in [-0.1, -0.05) is 6.92 Å². The molecule has 0 aliphatic rings. The van der Waals surface area contributed by atoms with Crippen LogP contribution < -0.4 is 4.90 Å². The van der Waals surface area contributed by atoms with E-state index in [1.165, 1.54) is 5.69 Å². The molecule has 1 aromatic rings. The SMILES string of the molecule is CCc1csc(N(CC)CC)n1. The van der Waals surface area contributed by atoms with Crippen molar-refractivity contribution >= 4 is 16.5 Å². The molecule has 0 amide bonds. The summed E-state index contributed by atoms with van der Waals surface area (Å²) in [6, 6.07) is 0. The van der Waals surface area contributed by atoms with Gasteiger partial charge in [0.05, 0.1) is 5.69 Å². The number of hydrogen-bond acceptors (Lipinski definition) is 3. The van der Waals surface area contributed by atoms with Crippen LogP contribution in [0.1, 0.15) is 26.5 Å². The summed E-state index contributed by atoms with van der Waals surface area (Å²) in [6.45, 7) is 8.56. The van der Waals surface area contributed by atoms with E-state index in [0.717, 1.165) is 24.6 Å². The Labute approximate surface area is 78.2 Å². The van der Waals surface area contributed by atoms with Crippen LogP contribution in [-0.2, 0) is 6.42 Å². The van der Waals surface area contributed by atoms with Crippen molar-refractivity contribution in [2.45, 2.75) is 27.2 Å². The molecule has 68 valence electrons. The van der Waals surface area contributed by atoms with Crippen molar-refractivity contribution in [3.63, 3.8) is 0 Å². The lowest BCUT2D eigenvalue weighted by atomic mass is 10.4. The predicted octanol–water partition coefficient (Wildman–Crippen LogP) is 2.55. The van der Waals surface area contributed by atoms with E-state index in [2.05, 4.69) is 36.0 Å². The highest BCUT2D eigenvalue weighted by molar-refractivity contribution is 7.13. The molecule has 0 aliphatic heterocycles. The molecule has 0 N–H and O–H groups in total. The highest BCUT2D eigenvalue weighted by Crippen LogP contribution is 2.19. The fourth-order valence-corrected chi connectivity index (χ4v) is 2.14.